The number of carboxylic acid groups (broad SMARTS) is 2. The zero-order chi connectivity index (χ0) is 29.8. The summed E-state index contributed by atoms with van der Waals surface area (Å²) in [4.78, 5) is 65.0. The third kappa shape index (κ3) is 16.9. The van der Waals surface area contributed by atoms with Crippen molar-refractivity contribution in [3.05, 3.63) is 0 Å². The highest BCUT2D eigenvalue weighted by Crippen LogP contribution is 2.07. The van der Waals surface area contributed by atoms with Gasteiger partial charge >= 0.3 is 11.9 Å². The number of carbonyl (C=O) groups excluding carboxylic acids is 3. The maximum absolute atomic E-state index is 13.2. The topological polar surface area (TPSA) is 304 Å². The van der Waals surface area contributed by atoms with Crippen LogP contribution in [-0.4, -0.2) is 89.6 Å². The minimum Gasteiger partial charge on any atom is -0.481 e. The van der Waals surface area contributed by atoms with Gasteiger partial charge in [-0.25, -0.2) is 4.79 Å². The van der Waals surface area contributed by atoms with Crippen LogP contribution in [0, 0.1) is 0 Å². The lowest BCUT2D eigenvalue weighted by Crippen LogP contribution is -2.57. The van der Waals surface area contributed by atoms with Crippen LogP contribution in [0.25, 0.3) is 0 Å². The predicted octanol–water partition coefficient (Wildman–Crippen LogP) is -2.97. The number of nitrogens with two attached hydrogens (primary N) is 5. The SMILES string of the molecule is NCCCCC(N)C(=O)NC(CCCN=C(N)N)C(=O)NC(CCCCN)C(=O)NC(CCC(=O)O)C(=O)O. The first-order valence-electron chi connectivity index (χ1n) is 13.0. The predicted molar refractivity (Wildman–Crippen MR) is 144 cm³/mol. The molecule has 39 heavy (non-hydrogen) atoms. The molecule has 15 N–H and O–H groups in total. The fourth-order valence-electron chi connectivity index (χ4n) is 3.52. The molecule has 0 saturated heterocycles. The van der Waals surface area contributed by atoms with E-state index in [2.05, 4.69) is 20.9 Å². The number of carboxylic acids is 2. The summed E-state index contributed by atoms with van der Waals surface area (Å²) >= 11 is 0. The van der Waals surface area contributed by atoms with Gasteiger partial charge in [0.15, 0.2) is 5.96 Å². The van der Waals surface area contributed by atoms with Crippen LogP contribution in [0.4, 0.5) is 0 Å². The van der Waals surface area contributed by atoms with Crippen LogP contribution >= 0.6 is 0 Å². The Morgan fingerprint density at radius 2 is 1.15 bits per heavy atom. The van der Waals surface area contributed by atoms with Gasteiger partial charge in [0.2, 0.25) is 17.7 Å². The van der Waals surface area contributed by atoms with Gasteiger partial charge in [-0.05, 0) is 64.5 Å². The lowest BCUT2D eigenvalue weighted by atomic mass is 10.0. The number of nitrogens with zero attached hydrogens (tertiary/aromatic N) is 1. The van der Waals surface area contributed by atoms with Gasteiger partial charge in [0.25, 0.3) is 0 Å². The molecule has 0 fully saturated rings. The summed E-state index contributed by atoms with van der Waals surface area (Å²) in [6.45, 7) is 0.982. The standard InChI is InChI=1S/C23H45N9O7/c24-11-3-1-6-14(26)19(35)30-16(8-5-13-29-23(27)28)20(36)31-15(7-2-4-12-25)21(37)32-17(22(38)39)9-10-18(33)34/h14-17H,1-13,24-26H2,(H,30,35)(H,31,36)(H,32,37)(H,33,34)(H,38,39)(H4,27,28,29). The van der Waals surface area contributed by atoms with Gasteiger partial charge in [0.1, 0.15) is 18.1 Å². The van der Waals surface area contributed by atoms with Gasteiger partial charge in [-0.2, -0.15) is 0 Å². The highest BCUT2D eigenvalue weighted by molar-refractivity contribution is 5.94. The second-order valence-corrected chi connectivity index (χ2v) is 9.08. The molecule has 224 valence electrons. The first kappa shape index (κ1) is 35.5. The Bertz CT molecular complexity index is 822. The summed E-state index contributed by atoms with van der Waals surface area (Å²) in [5.41, 5.74) is 27.6. The lowest BCUT2D eigenvalue weighted by molar-refractivity contribution is -0.143. The molecule has 0 heterocycles. The first-order valence-corrected chi connectivity index (χ1v) is 13.0. The minimum atomic E-state index is -1.47. The number of aliphatic imine (C=N–C) groups is 1. The molecule has 3 amide bonds. The van der Waals surface area contributed by atoms with Gasteiger partial charge < -0.3 is 54.8 Å². The molecule has 0 aliphatic carbocycles. The van der Waals surface area contributed by atoms with Crippen molar-refractivity contribution >= 4 is 35.6 Å². The van der Waals surface area contributed by atoms with E-state index in [9.17, 15) is 29.1 Å². The van der Waals surface area contributed by atoms with Gasteiger partial charge in [0.05, 0.1) is 6.04 Å². The maximum Gasteiger partial charge on any atom is 0.326 e. The van der Waals surface area contributed by atoms with Crippen LogP contribution in [0.3, 0.4) is 0 Å². The summed E-state index contributed by atoms with van der Waals surface area (Å²) in [6.07, 6.45) is 2.41. The van der Waals surface area contributed by atoms with Crippen molar-refractivity contribution in [2.24, 2.45) is 33.7 Å². The second kappa shape index (κ2) is 20.5. The number of amides is 3. The van der Waals surface area contributed by atoms with Crippen molar-refractivity contribution in [1.82, 2.24) is 16.0 Å². The van der Waals surface area contributed by atoms with Crippen LogP contribution in [0.15, 0.2) is 4.99 Å². The van der Waals surface area contributed by atoms with E-state index in [1.54, 1.807) is 0 Å². The average Bonchev–Trinajstić information content (AvgIpc) is 2.86. The molecular weight excluding hydrogens is 514 g/mol. The number of aliphatic carboxylic acids is 2. The highest BCUT2D eigenvalue weighted by atomic mass is 16.4. The Kier molecular flexibility index (Phi) is 18.6. The van der Waals surface area contributed by atoms with Crippen molar-refractivity contribution in [3.8, 4) is 0 Å². The maximum atomic E-state index is 13.2. The summed E-state index contributed by atoms with van der Waals surface area (Å²) in [7, 11) is 0. The molecule has 0 aromatic rings. The summed E-state index contributed by atoms with van der Waals surface area (Å²) in [5, 5.41) is 25.7. The van der Waals surface area contributed by atoms with Crippen LogP contribution in [0.2, 0.25) is 0 Å². The van der Waals surface area contributed by atoms with E-state index >= 15 is 0 Å². The Hall–Kier alpha value is -3.50. The molecular formula is C23H45N9O7. The molecule has 0 spiro atoms. The molecule has 16 heteroatoms. The summed E-state index contributed by atoms with van der Waals surface area (Å²) in [5.74, 6) is -4.81. The average molecular weight is 560 g/mol. The van der Waals surface area contributed by atoms with E-state index in [1.807, 2.05) is 0 Å². The Labute approximate surface area is 227 Å². The van der Waals surface area contributed by atoms with Gasteiger partial charge in [-0.15, -0.1) is 0 Å². The summed E-state index contributed by atoms with van der Waals surface area (Å²) in [6, 6.07) is -4.59. The molecule has 0 aromatic heterocycles. The molecule has 0 radical (unpaired) electrons. The number of guanidine groups is 1. The van der Waals surface area contributed by atoms with Crippen molar-refractivity contribution < 1.29 is 34.2 Å². The number of carbonyl (C=O) groups is 5. The molecule has 0 aliphatic heterocycles. The van der Waals surface area contributed by atoms with Crippen molar-refractivity contribution in [2.45, 2.75) is 88.4 Å². The fraction of sp³-hybridized carbons (Fsp3) is 0.739. The fourth-order valence-corrected chi connectivity index (χ4v) is 3.52. The van der Waals surface area contributed by atoms with Crippen molar-refractivity contribution in [1.29, 1.82) is 0 Å². The van der Waals surface area contributed by atoms with E-state index in [4.69, 9.17) is 33.8 Å². The largest absolute Gasteiger partial charge is 0.481 e. The first-order chi connectivity index (χ1) is 18.4. The smallest absolute Gasteiger partial charge is 0.326 e. The Morgan fingerprint density at radius 3 is 1.64 bits per heavy atom. The molecule has 4 atom stereocenters. The zero-order valence-corrected chi connectivity index (χ0v) is 22.3. The van der Waals surface area contributed by atoms with Crippen LogP contribution in [0.1, 0.15) is 64.2 Å². The van der Waals surface area contributed by atoms with Crippen LogP contribution in [-0.2, 0) is 24.0 Å². The molecule has 4 unspecified atom stereocenters. The highest BCUT2D eigenvalue weighted by Gasteiger charge is 2.30. The minimum absolute atomic E-state index is 0.122. The van der Waals surface area contributed by atoms with Gasteiger partial charge in [-0.1, -0.05) is 6.42 Å². The number of rotatable bonds is 22. The Morgan fingerprint density at radius 1 is 0.667 bits per heavy atom. The van der Waals surface area contributed by atoms with Crippen molar-refractivity contribution in [3.63, 3.8) is 0 Å². The molecule has 0 bridgehead atoms. The monoisotopic (exact) mass is 559 g/mol. The van der Waals surface area contributed by atoms with E-state index in [0.717, 1.165) is 0 Å². The molecule has 0 aromatic carbocycles. The Balaban J connectivity index is 5.61. The van der Waals surface area contributed by atoms with E-state index < -0.39 is 60.2 Å². The number of unbranched alkanes of at least 4 members (excludes halogenated alkanes) is 2. The number of hydrogen-bond donors (Lipinski definition) is 10. The number of nitrogens with one attached hydrogen (secondary N) is 3. The number of hydrogen-bond acceptors (Lipinski definition) is 9. The van der Waals surface area contributed by atoms with E-state index in [1.165, 1.54) is 0 Å². The molecule has 0 saturated carbocycles. The molecule has 0 rings (SSSR count). The molecule has 16 nitrogen and oxygen atoms in total. The van der Waals surface area contributed by atoms with Crippen molar-refractivity contribution in [2.75, 3.05) is 19.6 Å². The van der Waals surface area contributed by atoms with E-state index in [-0.39, 0.29) is 31.8 Å². The van der Waals surface area contributed by atoms with Gasteiger partial charge in [-0.3, -0.25) is 24.2 Å². The zero-order valence-electron chi connectivity index (χ0n) is 22.3. The molecule has 0 aliphatic rings. The quantitative estimate of drug-likeness (QED) is 0.0361. The van der Waals surface area contributed by atoms with Crippen LogP contribution in [0.5, 0.6) is 0 Å². The second-order valence-electron chi connectivity index (χ2n) is 9.08. The third-order valence-corrected chi connectivity index (χ3v) is 5.73. The third-order valence-electron chi connectivity index (χ3n) is 5.73. The van der Waals surface area contributed by atoms with E-state index in [0.29, 0.717) is 51.6 Å². The van der Waals surface area contributed by atoms with Gasteiger partial charge in [0, 0.05) is 13.0 Å². The van der Waals surface area contributed by atoms with Crippen LogP contribution < -0.4 is 44.6 Å². The summed E-state index contributed by atoms with van der Waals surface area (Å²) < 4.78 is 0. The normalized spacial score (nSPS) is 13.8. The lowest BCUT2D eigenvalue weighted by Gasteiger charge is -2.25.